The van der Waals surface area contributed by atoms with Gasteiger partial charge in [0.05, 0.1) is 6.04 Å². The first kappa shape index (κ1) is 21.5. The van der Waals surface area contributed by atoms with Crippen LogP contribution < -0.4 is 10.6 Å². The lowest BCUT2D eigenvalue weighted by molar-refractivity contribution is -0.121. The van der Waals surface area contributed by atoms with Gasteiger partial charge < -0.3 is 20.3 Å². The van der Waals surface area contributed by atoms with Crippen LogP contribution in [-0.2, 0) is 29.1 Å². The number of hydrogen-bond acceptors (Lipinski definition) is 4. The molecule has 2 amide bonds. The number of rotatable bonds is 9. The molecule has 2 aromatic carbocycles. The third-order valence-electron chi connectivity index (χ3n) is 5.51. The normalized spacial score (nSPS) is 13.7. The molecule has 1 aliphatic rings. The first-order valence-corrected chi connectivity index (χ1v) is 10.1. The van der Waals surface area contributed by atoms with Crippen molar-refractivity contribution in [3.8, 4) is 0 Å². The van der Waals surface area contributed by atoms with Gasteiger partial charge in [0.15, 0.2) is 0 Å². The molecular weight excluding hydrogens is 385 g/mol. The van der Waals surface area contributed by atoms with Crippen LogP contribution >= 0.6 is 0 Å². The minimum Gasteiger partial charge on any atom is -0.381 e. The molecule has 0 aliphatic carbocycles. The van der Waals surface area contributed by atoms with E-state index in [2.05, 4.69) is 10.6 Å². The van der Waals surface area contributed by atoms with Gasteiger partial charge in [-0.15, -0.1) is 0 Å². The van der Waals surface area contributed by atoms with Crippen molar-refractivity contribution in [1.29, 1.82) is 0 Å². The molecule has 30 heavy (non-hydrogen) atoms. The van der Waals surface area contributed by atoms with Crippen LogP contribution in [0, 0.1) is 5.82 Å². The zero-order valence-electron chi connectivity index (χ0n) is 17.2. The summed E-state index contributed by atoms with van der Waals surface area (Å²) in [5.41, 5.74) is 3.26. The number of amides is 2. The van der Waals surface area contributed by atoms with E-state index in [4.69, 9.17) is 0 Å². The van der Waals surface area contributed by atoms with Crippen molar-refractivity contribution in [2.24, 2.45) is 0 Å². The summed E-state index contributed by atoms with van der Waals surface area (Å²) < 4.78 is 14.5. The topological polar surface area (TPSA) is 78.5 Å². The Morgan fingerprint density at radius 1 is 1.23 bits per heavy atom. The molecule has 2 aromatic rings. The molecule has 3 rings (SSSR count). The Bertz CT molecular complexity index is 961. The zero-order chi connectivity index (χ0) is 21.7. The van der Waals surface area contributed by atoms with E-state index < -0.39 is 6.04 Å². The maximum atomic E-state index is 14.5. The molecule has 1 unspecified atom stereocenters. The van der Waals surface area contributed by atoms with Gasteiger partial charge in [0.25, 0.3) is 5.91 Å². The third-order valence-corrected chi connectivity index (χ3v) is 5.51. The smallest absolute Gasteiger partial charge is 0.255 e. The first-order valence-electron chi connectivity index (χ1n) is 10.1. The van der Waals surface area contributed by atoms with Crippen molar-refractivity contribution in [2.45, 2.75) is 45.3 Å². The van der Waals surface area contributed by atoms with Crippen LogP contribution in [-0.4, -0.2) is 36.1 Å². The fourth-order valence-corrected chi connectivity index (χ4v) is 3.72. The lowest BCUT2D eigenvalue weighted by Crippen LogP contribution is -2.37. The van der Waals surface area contributed by atoms with Gasteiger partial charge in [-0.25, -0.2) is 4.39 Å². The van der Waals surface area contributed by atoms with E-state index in [9.17, 15) is 18.8 Å². The van der Waals surface area contributed by atoms with Crippen LogP contribution in [0.4, 0.5) is 10.1 Å². The summed E-state index contributed by atoms with van der Waals surface area (Å²) in [5, 5.41) is 5.76. The van der Waals surface area contributed by atoms with Gasteiger partial charge in [0.2, 0.25) is 5.91 Å². The Balaban J connectivity index is 1.76. The number of carbonyl (C=O) groups is 3. The summed E-state index contributed by atoms with van der Waals surface area (Å²) in [6.07, 6.45) is 1.76. The number of aldehydes is 1. The highest BCUT2D eigenvalue weighted by atomic mass is 19.1. The summed E-state index contributed by atoms with van der Waals surface area (Å²) in [6, 6.07) is 10.0. The number of halogens is 1. The van der Waals surface area contributed by atoms with E-state index in [1.165, 1.54) is 11.9 Å². The highest BCUT2D eigenvalue weighted by Crippen LogP contribution is 2.31. The van der Waals surface area contributed by atoms with Crippen LogP contribution in [0.25, 0.3) is 0 Å². The minimum absolute atomic E-state index is 0.165. The van der Waals surface area contributed by atoms with Crippen molar-refractivity contribution in [3.05, 3.63) is 64.5 Å². The second kappa shape index (κ2) is 9.52. The summed E-state index contributed by atoms with van der Waals surface area (Å²) in [6.45, 7) is 2.47. The molecule has 2 N–H and O–H groups in total. The Hall–Kier alpha value is -3.22. The lowest BCUT2D eigenvalue weighted by atomic mass is 10.1. The van der Waals surface area contributed by atoms with Crippen molar-refractivity contribution >= 4 is 23.8 Å². The molecule has 0 saturated heterocycles. The van der Waals surface area contributed by atoms with Crippen molar-refractivity contribution in [1.82, 2.24) is 10.2 Å². The maximum absolute atomic E-state index is 14.5. The second-order valence-corrected chi connectivity index (χ2v) is 7.28. The number of aryl methyl sites for hydroxylation is 1. The molecule has 0 bridgehead atoms. The average molecular weight is 411 g/mol. The molecule has 1 aliphatic heterocycles. The quantitative estimate of drug-likeness (QED) is 0.622. The molecule has 0 saturated carbocycles. The molecule has 1 heterocycles. The number of nitrogens with one attached hydrogen (secondary N) is 2. The number of carbonyl (C=O) groups excluding carboxylic acids is 3. The molecule has 7 heteroatoms. The summed E-state index contributed by atoms with van der Waals surface area (Å²) >= 11 is 0. The largest absolute Gasteiger partial charge is 0.381 e. The van der Waals surface area contributed by atoms with E-state index >= 15 is 0 Å². The van der Waals surface area contributed by atoms with E-state index in [-0.39, 0.29) is 43.6 Å². The number of hydrogen-bond donors (Lipinski definition) is 2. The Labute approximate surface area is 175 Å². The van der Waals surface area contributed by atoms with Crippen LogP contribution in [0.3, 0.4) is 0 Å². The summed E-state index contributed by atoms with van der Waals surface area (Å²) in [7, 11) is 1.53. The standard InChI is InChI=1S/C23H26FN3O3/c1-3-15-6-4-7-16(22(15)24)12-26-20-9-5-8-18-19(20)13-27(23(18)30)17(14-28)10-11-21(29)25-2/h4-9,14,17,26H,3,10-13H2,1-2H3,(H,25,29). The number of fused-ring (bicyclic) bond motifs is 1. The van der Waals surface area contributed by atoms with Gasteiger partial charge in [-0.05, 0) is 30.5 Å². The van der Waals surface area contributed by atoms with Gasteiger partial charge >= 0.3 is 0 Å². The summed E-state index contributed by atoms with van der Waals surface area (Å²) in [5.74, 6) is -0.625. The van der Waals surface area contributed by atoms with Crippen LogP contribution in [0.1, 0.15) is 46.8 Å². The lowest BCUT2D eigenvalue weighted by Gasteiger charge is -2.23. The molecule has 0 fully saturated rings. The van der Waals surface area contributed by atoms with Gasteiger partial charge in [-0.1, -0.05) is 31.2 Å². The van der Waals surface area contributed by atoms with Crippen LogP contribution in [0.15, 0.2) is 36.4 Å². The highest BCUT2D eigenvalue weighted by molar-refractivity contribution is 6.01. The maximum Gasteiger partial charge on any atom is 0.255 e. The average Bonchev–Trinajstić information content (AvgIpc) is 3.10. The third kappa shape index (κ3) is 4.35. The predicted molar refractivity (Wildman–Crippen MR) is 113 cm³/mol. The van der Waals surface area contributed by atoms with Crippen molar-refractivity contribution in [2.75, 3.05) is 12.4 Å². The minimum atomic E-state index is -0.672. The molecule has 0 aromatic heterocycles. The first-order chi connectivity index (χ1) is 14.5. The van der Waals surface area contributed by atoms with E-state index in [0.29, 0.717) is 29.4 Å². The van der Waals surface area contributed by atoms with Crippen molar-refractivity contribution < 1.29 is 18.8 Å². The number of benzene rings is 2. The Kier molecular flexibility index (Phi) is 6.82. The SMILES string of the molecule is CCc1cccc(CNc2cccc3c2CN(C(C=O)CCC(=O)NC)C3=O)c1F. The molecule has 6 nitrogen and oxygen atoms in total. The number of anilines is 1. The van der Waals surface area contributed by atoms with E-state index in [1.807, 2.05) is 19.1 Å². The van der Waals surface area contributed by atoms with Gasteiger partial charge in [-0.3, -0.25) is 9.59 Å². The molecule has 0 radical (unpaired) electrons. The Morgan fingerprint density at radius 3 is 2.67 bits per heavy atom. The molecule has 1 atom stereocenters. The molecular formula is C23H26FN3O3. The fourth-order valence-electron chi connectivity index (χ4n) is 3.72. The van der Waals surface area contributed by atoms with Crippen molar-refractivity contribution in [3.63, 3.8) is 0 Å². The van der Waals surface area contributed by atoms with Crippen LogP contribution in [0.5, 0.6) is 0 Å². The van der Waals surface area contributed by atoms with Gasteiger partial charge in [-0.2, -0.15) is 0 Å². The van der Waals surface area contributed by atoms with E-state index in [1.54, 1.807) is 24.3 Å². The summed E-state index contributed by atoms with van der Waals surface area (Å²) in [4.78, 5) is 37.5. The molecule has 0 spiro atoms. The van der Waals surface area contributed by atoms with Gasteiger partial charge in [0, 0.05) is 48.9 Å². The number of nitrogens with zero attached hydrogens (tertiary/aromatic N) is 1. The van der Waals surface area contributed by atoms with Gasteiger partial charge in [0.1, 0.15) is 12.1 Å². The Morgan fingerprint density at radius 2 is 1.97 bits per heavy atom. The van der Waals surface area contributed by atoms with Crippen LogP contribution in [0.2, 0.25) is 0 Å². The predicted octanol–water partition coefficient (Wildman–Crippen LogP) is 3.05. The fraction of sp³-hybridized carbons (Fsp3) is 0.348. The monoisotopic (exact) mass is 411 g/mol. The molecule has 158 valence electrons. The van der Waals surface area contributed by atoms with E-state index in [0.717, 1.165) is 11.3 Å². The second-order valence-electron chi connectivity index (χ2n) is 7.28. The highest BCUT2D eigenvalue weighted by Gasteiger charge is 2.34. The zero-order valence-corrected chi connectivity index (χ0v) is 17.2.